The molecule has 0 saturated heterocycles. The lowest BCUT2D eigenvalue weighted by Crippen LogP contribution is -1.97. The lowest BCUT2D eigenvalue weighted by Gasteiger charge is -2.01. The molecule has 20 heavy (non-hydrogen) atoms. The Bertz CT molecular complexity index is 695. The second-order valence-electron chi connectivity index (χ2n) is 4.20. The number of nitrogens with zero attached hydrogens (tertiary/aromatic N) is 2. The predicted octanol–water partition coefficient (Wildman–Crippen LogP) is 2.90. The number of benzene rings is 2. The smallest absolute Gasteiger partial charge is 0.260 e. The lowest BCUT2D eigenvalue weighted by molar-refractivity contribution is 0.287. The van der Waals surface area contributed by atoms with Crippen LogP contribution in [0.15, 0.2) is 59.1 Å². The second-order valence-corrected chi connectivity index (χ2v) is 4.20. The molecule has 0 bridgehead atoms. The average molecular weight is 267 g/mol. The van der Waals surface area contributed by atoms with Gasteiger partial charge in [-0.2, -0.15) is 4.98 Å². The Morgan fingerprint density at radius 2 is 1.75 bits per heavy atom. The highest BCUT2D eigenvalue weighted by Crippen LogP contribution is 2.23. The summed E-state index contributed by atoms with van der Waals surface area (Å²) in [6.45, 7) is 0.250. The molecule has 0 atom stereocenters. The molecule has 1 heterocycles. The number of para-hydroxylation sites is 2. The molecule has 5 heteroatoms. The highest BCUT2D eigenvalue weighted by molar-refractivity contribution is 5.69. The average Bonchev–Trinajstić information content (AvgIpc) is 2.95. The van der Waals surface area contributed by atoms with Crippen LogP contribution in [0, 0.1) is 0 Å². The van der Waals surface area contributed by atoms with Crippen molar-refractivity contribution in [2.24, 2.45) is 0 Å². The second kappa shape index (κ2) is 5.44. The van der Waals surface area contributed by atoms with E-state index in [1.807, 2.05) is 48.5 Å². The summed E-state index contributed by atoms with van der Waals surface area (Å²) >= 11 is 0. The van der Waals surface area contributed by atoms with Gasteiger partial charge in [-0.25, -0.2) is 0 Å². The maximum absolute atomic E-state index is 5.87. The summed E-state index contributed by atoms with van der Waals surface area (Å²) in [6, 6.07) is 16.8. The van der Waals surface area contributed by atoms with E-state index in [0.29, 0.717) is 17.4 Å². The summed E-state index contributed by atoms with van der Waals surface area (Å²) in [4.78, 5) is 4.27. The third-order valence-corrected chi connectivity index (χ3v) is 2.77. The normalized spacial score (nSPS) is 10.4. The van der Waals surface area contributed by atoms with Crippen molar-refractivity contribution in [1.82, 2.24) is 10.1 Å². The molecule has 5 nitrogen and oxygen atoms in total. The molecule has 2 aromatic carbocycles. The number of ether oxygens (including phenoxy) is 1. The van der Waals surface area contributed by atoms with Gasteiger partial charge in [-0.3, -0.25) is 0 Å². The number of hydrogen-bond acceptors (Lipinski definition) is 5. The fourth-order valence-corrected chi connectivity index (χ4v) is 1.78. The van der Waals surface area contributed by atoms with Gasteiger partial charge in [0.15, 0.2) is 6.61 Å². The van der Waals surface area contributed by atoms with Gasteiger partial charge in [-0.1, -0.05) is 35.5 Å². The Labute approximate surface area is 116 Å². The largest absolute Gasteiger partial charge is 0.485 e. The minimum atomic E-state index is 0.250. The van der Waals surface area contributed by atoms with Crippen LogP contribution in [-0.2, 0) is 6.61 Å². The van der Waals surface area contributed by atoms with E-state index in [1.54, 1.807) is 6.07 Å². The van der Waals surface area contributed by atoms with Crippen molar-refractivity contribution >= 4 is 5.69 Å². The highest BCUT2D eigenvalue weighted by atomic mass is 16.5. The van der Waals surface area contributed by atoms with Crippen molar-refractivity contribution in [3.63, 3.8) is 0 Å². The third-order valence-electron chi connectivity index (χ3n) is 2.77. The van der Waals surface area contributed by atoms with Crippen LogP contribution in [0.2, 0.25) is 0 Å². The Morgan fingerprint density at radius 1 is 1.00 bits per heavy atom. The Balaban J connectivity index is 1.73. The molecule has 3 aromatic rings. The van der Waals surface area contributed by atoms with Crippen molar-refractivity contribution in [1.29, 1.82) is 0 Å². The number of anilines is 1. The molecular formula is C15H13N3O2. The SMILES string of the molecule is Nc1ccccc1-c1nc(COc2ccccc2)no1. The van der Waals surface area contributed by atoms with Gasteiger partial charge in [0.25, 0.3) is 5.89 Å². The Morgan fingerprint density at radius 3 is 2.55 bits per heavy atom. The van der Waals surface area contributed by atoms with Gasteiger partial charge in [0.1, 0.15) is 5.75 Å². The fourth-order valence-electron chi connectivity index (χ4n) is 1.78. The molecule has 2 N–H and O–H groups in total. The molecule has 0 aliphatic heterocycles. The van der Waals surface area contributed by atoms with E-state index in [0.717, 1.165) is 11.3 Å². The molecule has 0 spiro atoms. The molecule has 0 saturated carbocycles. The lowest BCUT2D eigenvalue weighted by atomic mass is 10.2. The Kier molecular flexibility index (Phi) is 3.33. The Hall–Kier alpha value is -2.82. The minimum absolute atomic E-state index is 0.250. The monoisotopic (exact) mass is 267 g/mol. The highest BCUT2D eigenvalue weighted by Gasteiger charge is 2.11. The molecule has 100 valence electrons. The van der Waals surface area contributed by atoms with Crippen molar-refractivity contribution in [3.05, 3.63) is 60.4 Å². The molecule has 0 aliphatic carbocycles. The first-order chi connectivity index (χ1) is 9.83. The number of hydrogen-bond donors (Lipinski definition) is 1. The van der Waals surface area contributed by atoms with Crippen molar-refractivity contribution in [2.45, 2.75) is 6.61 Å². The summed E-state index contributed by atoms with van der Waals surface area (Å²) < 4.78 is 10.8. The third kappa shape index (κ3) is 2.61. The predicted molar refractivity (Wildman–Crippen MR) is 74.9 cm³/mol. The van der Waals surface area contributed by atoms with E-state index in [1.165, 1.54) is 0 Å². The zero-order valence-corrected chi connectivity index (χ0v) is 10.7. The van der Waals surface area contributed by atoms with Crippen LogP contribution in [0.4, 0.5) is 5.69 Å². The summed E-state index contributed by atoms with van der Waals surface area (Å²) in [5, 5.41) is 3.88. The summed E-state index contributed by atoms with van der Waals surface area (Å²) in [5.74, 6) is 1.64. The van der Waals surface area contributed by atoms with E-state index in [4.69, 9.17) is 15.0 Å². The quantitative estimate of drug-likeness (QED) is 0.736. The fraction of sp³-hybridized carbons (Fsp3) is 0.0667. The van der Waals surface area contributed by atoms with Crippen LogP contribution in [0.3, 0.4) is 0 Å². The first-order valence-electron chi connectivity index (χ1n) is 6.18. The number of nitrogen functional groups attached to an aromatic ring is 1. The first kappa shape index (κ1) is 12.2. The summed E-state index contributed by atoms with van der Waals surface area (Å²) in [5.41, 5.74) is 7.20. The maximum atomic E-state index is 5.87. The molecule has 0 radical (unpaired) electrons. The minimum Gasteiger partial charge on any atom is -0.485 e. The molecular weight excluding hydrogens is 254 g/mol. The van der Waals surface area contributed by atoms with E-state index in [-0.39, 0.29) is 6.61 Å². The number of rotatable bonds is 4. The van der Waals surface area contributed by atoms with Crippen LogP contribution in [0.1, 0.15) is 5.82 Å². The van der Waals surface area contributed by atoms with E-state index < -0.39 is 0 Å². The van der Waals surface area contributed by atoms with Gasteiger partial charge >= 0.3 is 0 Å². The van der Waals surface area contributed by atoms with Crippen molar-refractivity contribution in [2.75, 3.05) is 5.73 Å². The van der Waals surface area contributed by atoms with Crippen LogP contribution in [-0.4, -0.2) is 10.1 Å². The van der Waals surface area contributed by atoms with Crippen LogP contribution in [0.25, 0.3) is 11.5 Å². The molecule has 0 fully saturated rings. The van der Waals surface area contributed by atoms with Crippen LogP contribution >= 0.6 is 0 Å². The van der Waals surface area contributed by atoms with E-state index in [9.17, 15) is 0 Å². The molecule has 0 aliphatic rings. The van der Waals surface area contributed by atoms with E-state index >= 15 is 0 Å². The first-order valence-corrected chi connectivity index (χ1v) is 6.18. The summed E-state index contributed by atoms with van der Waals surface area (Å²) in [7, 11) is 0. The van der Waals surface area contributed by atoms with Crippen LogP contribution < -0.4 is 10.5 Å². The van der Waals surface area contributed by atoms with Gasteiger partial charge < -0.3 is 15.0 Å². The van der Waals surface area contributed by atoms with Gasteiger partial charge in [-0.15, -0.1) is 0 Å². The number of nitrogens with two attached hydrogens (primary N) is 1. The van der Waals surface area contributed by atoms with Crippen LogP contribution in [0.5, 0.6) is 5.75 Å². The standard InChI is InChI=1S/C15H13N3O2/c16-13-9-5-4-8-12(13)15-17-14(18-20-15)10-19-11-6-2-1-3-7-11/h1-9H,10,16H2. The van der Waals surface area contributed by atoms with Crippen molar-refractivity contribution < 1.29 is 9.26 Å². The number of aromatic nitrogens is 2. The summed E-state index contributed by atoms with van der Waals surface area (Å²) in [6.07, 6.45) is 0. The van der Waals surface area contributed by atoms with Gasteiger partial charge in [0.2, 0.25) is 5.82 Å². The van der Waals surface area contributed by atoms with Crippen molar-refractivity contribution in [3.8, 4) is 17.2 Å². The van der Waals surface area contributed by atoms with Gasteiger partial charge in [0, 0.05) is 5.69 Å². The zero-order valence-electron chi connectivity index (χ0n) is 10.7. The molecule has 1 aromatic heterocycles. The van der Waals surface area contributed by atoms with Gasteiger partial charge in [0.05, 0.1) is 5.56 Å². The van der Waals surface area contributed by atoms with Gasteiger partial charge in [-0.05, 0) is 24.3 Å². The molecule has 3 rings (SSSR count). The van der Waals surface area contributed by atoms with E-state index in [2.05, 4.69) is 10.1 Å². The zero-order chi connectivity index (χ0) is 13.8. The molecule has 0 amide bonds. The molecule has 0 unspecified atom stereocenters. The maximum Gasteiger partial charge on any atom is 0.260 e. The topological polar surface area (TPSA) is 74.2 Å².